The molecule has 1 N–H and O–H groups in total. The van der Waals surface area contributed by atoms with Gasteiger partial charge in [0.05, 0.1) is 28.9 Å². The molecule has 1 aliphatic heterocycles. The Balaban J connectivity index is 1.70. The third-order valence-electron chi connectivity index (χ3n) is 6.08. The van der Waals surface area contributed by atoms with Crippen LogP contribution in [0.5, 0.6) is 5.75 Å². The topological polar surface area (TPSA) is 83.0 Å². The molecule has 0 aliphatic carbocycles. The van der Waals surface area contributed by atoms with Gasteiger partial charge in [0.25, 0.3) is 5.78 Å². The van der Waals surface area contributed by atoms with Gasteiger partial charge < -0.3 is 14.7 Å². The number of Topliss-reactive ketones (excluding diaryl/α,β-unsaturated/α-hetero) is 1. The van der Waals surface area contributed by atoms with Gasteiger partial charge in [-0.05, 0) is 60.2 Å². The third kappa shape index (κ3) is 3.97. The maximum absolute atomic E-state index is 13.5. The third-order valence-corrected chi connectivity index (χ3v) is 7.10. The van der Waals surface area contributed by atoms with Gasteiger partial charge in [0, 0.05) is 25.3 Å². The van der Waals surface area contributed by atoms with Gasteiger partial charge in [0.2, 0.25) is 0 Å². The summed E-state index contributed by atoms with van der Waals surface area (Å²) in [5, 5.41) is 11.5. The van der Waals surface area contributed by atoms with Crippen molar-refractivity contribution in [2.24, 2.45) is 0 Å². The minimum atomic E-state index is -0.922. The van der Waals surface area contributed by atoms with Crippen molar-refractivity contribution in [2.45, 2.75) is 6.04 Å². The van der Waals surface area contributed by atoms with E-state index in [9.17, 15) is 19.1 Å². The number of thiazole rings is 1. The summed E-state index contributed by atoms with van der Waals surface area (Å²) in [6, 6.07) is 16.9. The van der Waals surface area contributed by atoms with E-state index in [2.05, 4.69) is 4.98 Å². The first-order valence-corrected chi connectivity index (χ1v) is 11.9. The highest BCUT2D eigenvalue weighted by Crippen LogP contribution is 2.44. The zero-order chi connectivity index (χ0) is 25.6. The van der Waals surface area contributed by atoms with Crippen LogP contribution in [-0.2, 0) is 9.59 Å². The number of nitrogens with zero attached hydrogens (tertiary/aromatic N) is 3. The smallest absolute Gasteiger partial charge is 0.301 e. The van der Waals surface area contributed by atoms with E-state index in [-0.39, 0.29) is 16.9 Å². The second-order valence-electron chi connectivity index (χ2n) is 8.49. The van der Waals surface area contributed by atoms with Crippen LogP contribution in [0.15, 0.2) is 72.3 Å². The fraction of sp³-hybridized carbons (Fsp3) is 0.148. The number of anilines is 2. The Morgan fingerprint density at radius 2 is 1.75 bits per heavy atom. The molecule has 0 spiro atoms. The lowest BCUT2D eigenvalue weighted by molar-refractivity contribution is -0.132. The lowest BCUT2D eigenvalue weighted by atomic mass is 9.95. The number of aliphatic hydroxyl groups excluding tert-OH is 1. The van der Waals surface area contributed by atoms with Crippen molar-refractivity contribution in [3.05, 3.63) is 89.2 Å². The molecule has 1 aromatic heterocycles. The van der Waals surface area contributed by atoms with Gasteiger partial charge in [-0.2, -0.15) is 0 Å². The van der Waals surface area contributed by atoms with Crippen molar-refractivity contribution in [2.75, 3.05) is 31.0 Å². The lowest BCUT2D eigenvalue weighted by Crippen LogP contribution is -2.29. The van der Waals surface area contributed by atoms with E-state index in [4.69, 9.17) is 4.74 Å². The molecule has 36 heavy (non-hydrogen) atoms. The Morgan fingerprint density at radius 1 is 1.06 bits per heavy atom. The van der Waals surface area contributed by atoms with Crippen LogP contribution in [0.2, 0.25) is 0 Å². The maximum atomic E-state index is 13.5. The molecule has 7 nitrogen and oxygen atoms in total. The summed E-state index contributed by atoms with van der Waals surface area (Å²) in [4.78, 5) is 34.5. The fourth-order valence-corrected chi connectivity index (χ4v) is 5.21. The van der Waals surface area contributed by atoms with Gasteiger partial charge >= 0.3 is 5.91 Å². The molecule has 2 heterocycles. The second-order valence-corrected chi connectivity index (χ2v) is 9.50. The number of benzene rings is 3. The van der Waals surface area contributed by atoms with Crippen LogP contribution in [0.4, 0.5) is 15.2 Å². The zero-order valence-corrected chi connectivity index (χ0v) is 20.5. The summed E-state index contributed by atoms with van der Waals surface area (Å²) in [6.45, 7) is 0. The number of methoxy groups -OCH3 is 1. The minimum Gasteiger partial charge on any atom is -0.507 e. The number of rotatable bonds is 5. The van der Waals surface area contributed by atoms with Crippen molar-refractivity contribution in [3.63, 3.8) is 0 Å². The number of fused-ring (bicyclic) bond motifs is 1. The zero-order valence-electron chi connectivity index (χ0n) is 19.7. The van der Waals surface area contributed by atoms with Crippen LogP contribution >= 0.6 is 11.3 Å². The summed E-state index contributed by atoms with van der Waals surface area (Å²) in [5.41, 5.74) is 2.36. The molecule has 1 amide bonds. The Bertz CT molecular complexity index is 1510. The molecule has 1 saturated heterocycles. The molecule has 9 heteroatoms. The SMILES string of the molecule is COc1ccc2nc(N3C(=O)C(=O)C(=C(O)c4ccc(F)cc4)C3c3ccc(N(C)C)cc3)sc2c1. The van der Waals surface area contributed by atoms with Crippen molar-refractivity contribution in [3.8, 4) is 5.75 Å². The molecular formula is C27H22FN3O4S. The maximum Gasteiger partial charge on any atom is 0.301 e. The van der Waals surface area contributed by atoms with Crippen molar-refractivity contribution in [1.29, 1.82) is 0 Å². The first kappa shape index (κ1) is 23.5. The summed E-state index contributed by atoms with van der Waals surface area (Å²) in [6.07, 6.45) is 0. The summed E-state index contributed by atoms with van der Waals surface area (Å²) in [5.74, 6) is -1.85. The molecule has 0 radical (unpaired) electrons. The van der Waals surface area contributed by atoms with Crippen molar-refractivity contribution >= 4 is 49.8 Å². The summed E-state index contributed by atoms with van der Waals surface area (Å²) < 4.78 is 19.6. The van der Waals surface area contributed by atoms with Crippen LogP contribution < -0.4 is 14.5 Å². The van der Waals surface area contributed by atoms with E-state index >= 15 is 0 Å². The molecule has 1 atom stereocenters. The van der Waals surface area contributed by atoms with E-state index in [1.165, 1.54) is 40.5 Å². The van der Waals surface area contributed by atoms with Gasteiger partial charge in [-0.3, -0.25) is 14.5 Å². The number of carbonyl (C=O) groups excluding carboxylic acids is 2. The van der Waals surface area contributed by atoms with Crippen LogP contribution in [0, 0.1) is 5.82 Å². The number of hydrogen-bond acceptors (Lipinski definition) is 7. The average Bonchev–Trinajstić information content (AvgIpc) is 3.41. The molecule has 1 fully saturated rings. The molecule has 3 aromatic carbocycles. The average molecular weight is 504 g/mol. The molecule has 4 aromatic rings. The van der Waals surface area contributed by atoms with Crippen LogP contribution in [0.25, 0.3) is 16.0 Å². The minimum absolute atomic E-state index is 0.0824. The first-order chi connectivity index (χ1) is 17.3. The second kappa shape index (κ2) is 9.09. The van der Waals surface area contributed by atoms with Gasteiger partial charge in [-0.15, -0.1) is 0 Å². The highest BCUT2D eigenvalue weighted by Gasteiger charge is 2.48. The molecular weight excluding hydrogens is 481 g/mol. The number of ketones is 1. The predicted molar refractivity (Wildman–Crippen MR) is 138 cm³/mol. The van der Waals surface area contributed by atoms with E-state index < -0.39 is 23.5 Å². The first-order valence-electron chi connectivity index (χ1n) is 11.1. The predicted octanol–water partition coefficient (Wildman–Crippen LogP) is 5.14. The van der Waals surface area contributed by atoms with Crippen molar-refractivity contribution in [1.82, 2.24) is 4.98 Å². The molecule has 1 aliphatic rings. The molecule has 1 unspecified atom stereocenters. The standard InChI is InChI=1S/C27H22FN3O4S/c1-30(2)18-10-6-15(7-11-18)23-22(24(32)16-4-8-17(28)9-5-16)25(33)26(34)31(23)27-29-20-13-12-19(35-3)14-21(20)36-27/h4-14,23,32H,1-3H3. The number of hydrogen-bond donors (Lipinski definition) is 1. The Kier molecular flexibility index (Phi) is 5.93. The number of aromatic nitrogens is 1. The molecule has 0 saturated carbocycles. The van der Waals surface area contributed by atoms with Gasteiger partial charge in [0.15, 0.2) is 5.13 Å². The van der Waals surface area contributed by atoms with Gasteiger partial charge in [-0.1, -0.05) is 23.5 Å². The Hall–Kier alpha value is -4.24. The van der Waals surface area contributed by atoms with Crippen LogP contribution in [0.3, 0.4) is 0 Å². The summed E-state index contributed by atoms with van der Waals surface area (Å²) >= 11 is 1.25. The normalized spacial score (nSPS) is 17.1. The van der Waals surface area contributed by atoms with Gasteiger partial charge in [0.1, 0.15) is 17.3 Å². The largest absolute Gasteiger partial charge is 0.507 e. The summed E-state index contributed by atoms with van der Waals surface area (Å²) in [7, 11) is 5.38. The highest BCUT2D eigenvalue weighted by atomic mass is 32.1. The number of ether oxygens (including phenoxy) is 1. The van der Waals surface area contributed by atoms with E-state index in [0.717, 1.165) is 10.4 Å². The highest BCUT2D eigenvalue weighted by molar-refractivity contribution is 7.22. The van der Waals surface area contributed by atoms with Crippen LogP contribution in [0.1, 0.15) is 17.2 Å². The number of halogens is 1. The van der Waals surface area contributed by atoms with E-state index in [1.807, 2.05) is 49.3 Å². The molecule has 182 valence electrons. The lowest BCUT2D eigenvalue weighted by Gasteiger charge is -2.23. The number of carbonyl (C=O) groups is 2. The monoisotopic (exact) mass is 503 g/mol. The molecule has 5 rings (SSSR count). The molecule has 0 bridgehead atoms. The number of amides is 1. The van der Waals surface area contributed by atoms with E-state index in [0.29, 0.717) is 22.0 Å². The van der Waals surface area contributed by atoms with Crippen molar-refractivity contribution < 1.29 is 23.8 Å². The Labute approximate surface area is 210 Å². The van der Waals surface area contributed by atoms with Gasteiger partial charge in [-0.25, -0.2) is 9.37 Å². The Morgan fingerprint density at radius 3 is 2.39 bits per heavy atom. The van der Waals surface area contributed by atoms with E-state index in [1.54, 1.807) is 19.2 Å². The number of aliphatic hydroxyl groups is 1. The fourth-order valence-electron chi connectivity index (χ4n) is 4.19. The quantitative estimate of drug-likeness (QED) is 0.231. The van der Waals surface area contributed by atoms with Crippen LogP contribution in [-0.4, -0.2) is 43.0 Å².